The molecule has 2 heteroatoms. The maximum absolute atomic E-state index is 11.4. The van der Waals surface area contributed by atoms with Gasteiger partial charge in [0, 0.05) is 0 Å². The fraction of sp³-hybridized carbons (Fsp3) is 0.250. The molecule has 74 valence electrons. The molecule has 0 aliphatic heterocycles. The van der Waals surface area contributed by atoms with E-state index >= 15 is 0 Å². The van der Waals surface area contributed by atoms with Crippen LogP contribution >= 0.6 is 0 Å². The van der Waals surface area contributed by atoms with Crippen LogP contribution in [0.1, 0.15) is 12.5 Å². The number of hydrogen-bond donors (Lipinski definition) is 0. The van der Waals surface area contributed by atoms with Crippen molar-refractivity contribution in [3.8, 4) is 5.75 Å². The smallest absolute Gasteiger partial charge is 0.317 e. The molecule has 0 spiro atoms. The van der Waals surface area contributed by atoms with E-state index in [0.29, 0.717) is 5.75 Å². The molecule has 0 aliphatic carbocycles. The van der Waals surface area contributed by atoms with Crippen LogP contribution in [0.3, 0.4) is 0 Å². The Labute approximate surface area is 84.2 Å². The minimum atomic E-state index is -0.273. The molecule has 0 fully saturated rings. The summed E-state index contributed by atoms with van der Waals surface area (Å²) in [6.45, 7) is 7.25. The van der Waals surface area contributed by atoms with Crippen LogP contribution < -0.4 is 4.74 Å². The van der Waals surface area contributed by atoms with Crippen LogP contribution in [-0.4, -0.2) is 5.97 Å². The lowest BCUT2D eigenvalue weighted by atomic mass is 10.2. The van der Waals surface area contributed by atoms with Crippen LogP contribution in [0.25, 0.3) is 0 Å². The molecule has 2 nitrogen and oxygen atoms in total. The van der Waals surface area contributed by atoms with Crippen LogP contribution in [0.4, 0.5) is 0 Å². The van der Waals surface area contributed by atoms with Crippen molar-refractivity contribution < 1.29 is 9.53 Å². The van der Waals surface area contributed by atoms with E-state index in [9.17, 15) is 4.79 Å². The molecule has 1 aromatic carbocycles. The first kappa shape index (κ1) is 10.5. The highest BCUT2D eigenvalue weighted by molar-refractivity contribution is 5.76. The minimum absolute atomic E-state index is 0.268. The van der Waals surface area contributed by atoms with Crippen LogP contribution in [-0.2, 0) is 4.79 Å². The summed E-state index contributed by atoms with van der Waals surface area (Å²) in [6, 6.07) is 7.40. The Hall–Kier alpha value is -1.57. The first-order valence-corrected chi connectivity index (χ1v) is 4.54. The van der Waals surface area contributed by atoms with E-state index in [1.165, 1.54) is 0 Å². The number of esters is 1. The molecule has 0 radical (unpaired) electrons. The summed E-state index contributed by atoms with van der Waals surface area (Å²) in [5, 5.41) is 0. The molecule has 0 amide bonds. The number of carbonyl (C=O) groups is 1. The minimum Gasteiger partial charge on any atom is -0.426 e. The number of hydrogen-bond acceptors (Lipinski definition) is 2. The molecule has 1 aromatic rings. The van der Waals surface area contributed by atoms with Crippen molar-refractivity contribution in [2.75, 3.05) is 0 Å². The lowest BCUT2D eigenvalue weighted by Crippen LogP contribution is -2.15. The molecule has 0 N–H and O–H groups in total. The van der Waals surface area contributed by atoms with E-state index < -0.39 is 0 Å². The molecule has 1 rings (SSSR count). The Kier molecular flexibility index (Phi) is 3.46. The Balaban J connectivity index is 2.69. The normalized spacial score (nSPS) is 11.9. The topological polar surface area (TPSA) is 26.3 Å². The van der Waals surface area contributed by atoms with E-state index in [0.717, 1.165) is 5.56 Å². The van der Waals surface area contributed by atoms with Gasteiger partial charge in [0.25, 0.3) is 0 Å². The molecular weight excluding hydrogens is 176 g/mol. The Morgan fingerprint density at radius 1 is 1.57 bits per heavy atom. The van der Waals surface area contributed by atoms with Gasteiger partial charge in [0.2, 0.25) is 0 Å². The summed E-state index contributed by atoms with van der Waals surface area (Å²) in [7, 11) is 0. The average Bonchev–Trinajstić information content (AvgIpc) is 2.16. The van der Waals surface area contributed by atoms with Gasteiger partial charge in [0.1, 0.15) is 5.75 Å². The van der Waals surface area contributed by atoms with Gasteiger partial charge in [-0.1, -0.05) is 18.2 Å². The van der Waals surface area contributed by atoms with Crippen molar-refractivity contribution in [3.05, 3.63) is 42.5 Å². The number of rotatable bonds is 3. The van der Waals surface area contributed by atoms with E-state index in [1.807, 2.05) is 25.1 Å². The number of aryl methyl sites for hydroxylation is 1. The van der Waals surface area contributed by atoms with Gasteiger partial charge in [-0.25, -0.2) is 0 Å². The monoisotopic (exact) mass is 190 g/mol. The summed E-state index contributed by atoms with van der Waals surface area (Å²) in [5.74, 6) is 0.0461. The van der Waals surface area contributed by atoms with Gasteiger partial charge in [0.05, 0.1) is 5.92 Å². The van der Waals surface area contributed by atoms with E-state index in [1.54, 1.807) is 19.1 Å². The highest BCUT2D eigenvalue weighted by Gasteiger charge is 2.10. The molecular formula is C12H14O2. The lowest BCUT2D eigenvalue weighted by molar-refractivity contribution is -0.136. The van der Waals surface area contributed by atoms with Gasteiger partial charge in [-0.2, -0.15) is 0 Å². The second-order valence-electron chi connectivity index (χ2n) is 3.26. The molecule has 0 aromatic heterocycles. The molecule has 0 aliphatic rings. The standard InChI is InChI=1S/C12H14O2/c1-4-10(3)12(13)14-11-7-5-6-9(2)8-11/h4-8,10H,1H2,2-3H3. The van der Waals surface area contributed by atoms with Crippen molar-refractivity contribution >= 4 is 5.97 Å². The number of ether oxygens (including phenoxy) is 1. The first-order chi connectivity index (χ1) is 6.63. The van der Waals surface area contributed by atoms with E-state index in [-0.39, 0.29) is 11.9 Å². The predicted octanol–water partition coefficient (Wildman–Crippen LogP) is 2.72. The molecule has 1 atom stereocenters. The SMILES string of the molecule is C=CC(C)C(=O)Oc1cccc(C)c1. The third-order valence-electron chi connectivity index (χ3n) is 1.93. The zero-order valence-electron chi connectivity index (χ0n) is 8.49. The predicted molar refractivity (Wildman–Crippen MR) is 56.2 cm³/mol. The van der Waals surface area contributed by atoms with Gasteiger partial charge in [0.15, 0.2) is 0 Å². The average molecular weight is 190 g/mol. The third kappa shape index (κ3) is 2.73. The number of benzene rings is 1. The zero-order chi connectivity index (χ0) is 10.6. The highest BCUT2D eigenvalue weighted by Crippen LogP contribution is 2.14. The molecule has 0 saturated carbocycles. The second kappa shape index (κ2) is 4.61. The Morgan fingerprint density at radius 3 is 2.86 bits per heavy atom. The maximum Gasteiger partial charge on any atom is 0.317 e. The van der Waals surface area contributed by atoms with Crippen LogP contribution in [0, 0.1) is 12.8 Å². The van der Waals surface area contributed by atoms with E-state index in [2.05, 4.69) is 6.58 Å². The quantitative estimate of drug-likeness (QED) is 0.416. The molecule has 0 saturated heterocycles. The van der Waals surface area contributed by atoms with Crippen molar-refractivity contribution in [1.29, 1.82) is 0 Å². The van der Waals surface area contributed by atoms with Crippen molar-refractivity contribution in [1.82, 2.24) is 0 Å². The summed E-state index contributed by atoms with van der Waals surface area (Å²) >= 11 is 0. The summed E-state index contributed by atoms with van der Waals surface area (Å²) in [6.07, 6.45) is 1.57. The fourth-order valence-electron chi connectivity index (χ4n) is 0.984. The maximum atomic E-state index is 11.4. The van der Waals surface area contributed by atoms with Gasteiger partial charge in [-0.05, 0) is 31.5 Å². The molecule has 0 heterocycles. The first-order valence-electron chi connectivity index (χ1n) is 4.54. The van der Waals surface area contributed by atoms with Crippen LogP contribution in [0.2, 0.25) is 0 Å². The summed E-state index contributed by atoms with van der Waals surface area (Å²) in [4.78, 5) is 11.4. The second-order valence-corrected chi connectivity index (χ2v) is 3.26. The van der Waals surface area contributed by atoms with Gasteiger partial charge >= 0.3 is 5.97 Å². The Bertz CT molecular complexity index is 342. The van der Waals surface area contributed by atoms with Crippen molar-refractivity contribution in [2.24, 2.45) is 5.92 Å². The van der Waals surface area contributed by atoms with E-state index in [4.69, 9.17) is 4.74 Å². The zero-order valence-corrected chi connectivity index (χ0v) is 8.49. The highest BCUT2D eigenvalue weighted by atomic mass is 16.5. The largest absolute Gasteiger partial charge is 0.426 e. The van der Waals surface area contributed by atoms with Gasteiger partial charge in [-0.3, -0.25) is 4.79 Å². The molecule has 14 heavy (non-hydrogen) atoms. The lowest BCUT2D eigenvalue weighted by Gasteiger charge is -2.07. The molecule has 1 unspecified atom stereocenters. The van der Waals surface area contributed by atoms with Crippen molar-refractivity contribution in [3.63, 3.8) is 0 Å². The van der Waals surface area contributed by atoms with Gasteiger partial charge in [-0.15, -0.1) is 6.58 Å². The van der Waals surface area contributed by atoms with Crippen molar-refractivity contribution in [2.45, 2.75) is 13.8 Å². The summed E-state index contributed by atoms with van der Waals surface area (Å²) in [5.41, 5.74) is 1.07. The third-order valence-corrected chi connectivity index (χ3v) is 1.93. The van der Waals surface area contributed by atoms with Crippen LogP contribution in [0.5, 0.6) is 5.75 Å². The fourth-order valence-corrected chi connectivity index (χ4v) is 0.984. The van der Waals surface area contributed by atoms with Gasteiger partial charge < -0.3 is 4.74 Å². The Morgan fingerprint density at radius 2 is 2.29 bits per heavy atom. The molecule has 0 bridgehead atoms. The van der Waals surface area contributed by atoms with Crippen LogP contribution in [0.15, 0.2) is 36.9 Å². The number of carbonyl (C=O) groups excluding carboxylic acids is 1. The summed E-state index contributed by atoms with van der Waals surface area (Å²) < 4.78 is 5.14.